The van der Waals surface area contributed by atoms with Crippen molar-refractivity contribution in [3.8, 4) is 73.2 Å². The number of aromatic nitrogens is 4. The summed E-state index contributed by atoms with van der Waals surface area (Å²) >= 11 is 1.84. The molecule has 0 radical (unpaired) electrons. The van der Waals surface area contributed by atoms with Crippen molar-refractivity contribution in [3.63, 3.8) is 0 Å². The van der Waals surface area contributed by atoms with E-state index >= 15 is 0 Å². The van der Waals surface area contributed by atoms with E-state index in [-0.39, 0.29) is 0 Å². The number of fused-ring (bicyclic) bond motifs is 6. The normalized spacial score (nSPS) is 11.6. The molecule has 3 heterocycles. The topological polar surface area (TPSA) is 43.6 Å². The van der Waals surface area contributed by atoms with Crippen LogP contribution in [0.4, 0.5) is 0 Å². The van der Waals surface area contributed by atoms with Gasteiger partial charge in [-0.25, -0.2) is 15.0 Å². The number of hydrogen-bond donors (Lipinski definition) is 0. The van der Waals surface area contributed by atoms with E-state index in [4.69, 9.17) is 15.0 Å². The van der Waals surface area contributed by atoms with Crippen molar-refractivity contribution < 1.29 is 0 Å². The number of nitrogens with zero attached hydrogens (tertiary/aromatic N) is 4. The first kappa shape index (κ1) is 37.7. The third kappa shape index (κ3) is 6.66. The van der Waals surface area contributed by atoms with Gasteiger partial charge in [0, 0.05) is 47.6 Å². The van der Waals surface area contributed by atoms with Crippen LogP contribution in [0.25, 0.3) is 115 Å². The number of aryl methyl sites for hydroxylation is 2. The van der Waals surface area contributed by atoms with Crippen LogP contribution in [0, 0.1) is 13.8 Å². The lowest BCUT2D eigenvalue weighted by atomic mass is 9.99. The second kappa shape index (κ2) is 15.4. The Morgan fingerprint density at radius 3 is 1.41 bits per heavy atom. The quantitative estimate of drug-likeness (QED) is 0.161. The molecular formula is C59H40N4S. The molecular weight excluding hydrogens is 797 g/mol. The highest BCUT2D eigenvalue weighted by molar-refractivity contribution is 7.25. The highest BCUT2D eigenvalue weighted by Crippen LogP contribution is 2.42. The maximum atomic E-state index is 5.33. The van der Waals surface area contributed by atoms with Gasteiger partial charge in [-0.05, 0) is 95.8 Å². The molecule has 0 saturated carbocycles. The van der Waals surface area contributed by atoms with Gasteiger partial charge in [-0.15, -0.1) is 11.3 Å². The number of hydrogen-bond acceptors (Lipinski definition) is 4. The van der Waals surface area contributed by atoms with Gasteiger partial charge in [-0.1, -0.05) is 169 Å². The monoisotopic (exact) mass is 836 g/mol. The van der Waals surface area contributed by atoms with Crippen molar-refractivity contribution in [1.82, 2.24) is 19.5 Å². The van der Waals surface area contributed by atoms with E-state index in [1.54, 1.807) is 0 Å². The molecule has 3 aromatic heterocycles. The first-order valence-electron chi connectivity index (χ1n) is 21.7. The Kier molecular flexibility index (Phi) is 9.09. The van der Waals surface area contributed by atoms with Gasteiger partial charge in [0.2, 0.25) is 0 Å². The van der Waals surface area contributed by atoms with Crippen molar-refractivity contribution >= 4 is 53.3 Å². The molecule has 302 valence electrons. The highest BCUT2D eigenvalue weighted by Gasteiger charge is 2.22. The highest BCUT2D eigenvalue weighted by atomic mass is 32.1. The van der Waals surface area contributed by atoms with Crippen LogP contribution >= 0.6 is 11.3 Å². The fourth-order valence-corrected chi connectivity index (χ4v) is 10.4. The van der Waals surface area contributed by atoms with Gasteiger partial charge in [0.1, 0.15) is 0 Å². The molecule has 12 aromatic rings. The zero-order valence-corrected chi connectivity index (χ0v) is 36.1. The minimum atomic E-state index is 0.607. The Morgan fingerprint density at radius 1 is 0.328 bits per heavy atom. The Hall–Kier alpha value is -7.99. The summed E-state index contributed by atoms with van der Waals surface area (Å²) in [5.41, 5.74) is 15.4. The molecule has 0 bridgehead atoms. The Balaban J connectivity index is 1.14. The van der Waals surface area contributed by atoms with E-state index < -0.39 is 0 Å². The Bertz CT molecular complexity index is 3590. The third-order valence-corrected chi connectivity index (χ3v) is 13.5. The SMILES string of the molecule is Cc1cccc(-c2ccc3c(c2)c2cc(-c4cccc(C)c4)ccc2n3-c2ccc(-c3ccc4c(c3)sc3ccccc34)cc2-c2nc(-c3ccccc3)nc(-c3ccccc3)n2)c1. The van der Waals surface area contributed by atoms with Crippen LogP contribution in [0.2, 0.25) is 0 Å². The maximum absolute atomic E-state index is 5.33. The average molecular weight is 837 g/mol. The number of thiophene rings is 1. The molecule has 0 aliphatic carbocycles. The van der Waals surface area contributed by atoms with E-state index in [1.807, 2.05) is 47.7 Å². The van der Waals surface area contributed by atoms with Gasteiger partial charge in [0.15, 0.2) is 17.5 Å². The van der Waals surface area contributed by atoms with Crippen LogP contribution in [0.15, 0.2) is 206 Å². The van der Waals surface area contributed by atoms with Crippen LogP contribution in [-0.2, 0) is 0 Å². The van der Waals surface area contributed by atoms with Gasteiger partial charge in [-0.3, -0.25) is 0 Å². The van der Waals surface area contributed by atoms with Gasteiger partial charge >= 0.3 is 0 Å². The fraction of sp³-hybridized carbons (Fsp3) is 0.0339. The van der Waals surface area contributed by atoms with Crippen molar-refractivity contribution in [3.05, 3.63) is 217 Å². The van der Waals surface area contributed by atoms with Crippen molar-refractivity contribution in [2.45, 2.75) is 13.8 Å². The zero-order valence-electron chi connectivity index (χ0n) is 35.3. The summed E-state index contributed by atoms with van der Waals surface area (Å²) in [6.45, 7) is 4.31. The van der Waals surface area contributed by atoms with Crippen molar-refractivity contribution in [2.75, 3.05) is 0 Å². The summed E-state index contributed by atoms with van der Waals surface area (Å²) < 4.78 is 4.96. The molecule has 0 aliphatic rings. The Labute approximate surface area is 375 Å². The summed E-state index contributed by atoms with van der Waals surface area (Å²) in [6, 6.07) is 74.1. The van der Waals surface area contributed by atoms with E-state index in [1.165, 1.54) is 64.3 Å². The van der Waals surface area contributed by atoms with Crippen LogP contribution in [0.1, 0.15) is 11.1 Å². The largest absolute Gasteiger partial charge is 0.308 e. The van der Waals surface area contributed by atoms with Crippen LogP contribution in [0.5, 0.6) is 0 Å². The Morgan fingerprint density at radius 2 is 0.797 bits per heavy atom. The molecule has 5 heteroatoms. The van der Waals surface area contributed by atoms with Gasteiger partial charge in [-0.2, -0.15) is 0 Å². The van der Waals surface area contributed by atoms with Gasteiger partial charge in [0.25, 0.3) is 0 Å². The summed E-state index contributed by atoms with van der Waals surface area (Å²) in [7, 11) is 0. The zero-order chi connectivity index (χ0) is 42.7. The van der Waals surface area contributed by atoms with E-state index in [2.05, 4.69) is 188 Å². The smallest absolute Gasteiger partial charge is 0.166 e. The number of benzene rings is 9. The molecule has 0 atom stereocenters. The minimum Gasteiger partial charge on any atom is -0.308 e. The average Bonchev–Trinajstić information content (AvgIpc) is 3.89. The summed E-state index contributed by atoms with van der Waals surface area (Å²) in [6.07, 6.45) is 0. The molecule has 0 unspecified atom stereocenters. The fourth-order valence-electron chi connectivity index (χ4n) is 9.22. The van der Waals surface area contributed by atoms with E-state index in [0.717, 1.165) is 44.5 Å². The van der Waals surface area contributed by atoms with E-state index in [9.17, 15) is 0 Å². The predicted molar refractivity (Wildman–Crippen MR) is 269 cm³/mol. The second-order valence-corrected chi connectivity index (χ2v) is 17.7. The lowest BCUT2D eigenvalue weighted by molar-refractivity contribution is 1.06. The van der Waals surface area contributed by atoms with Crippen LogP contribution in [-0.4, -0.2) is 19.5 Å². The standard InChI is InChI=1S/C59H40N4S/c1-37-13-11-19-41(31-37)43-24-28-52-49(33-43)50-34-44(42-20-12-14-38(2)32-42)25-29-53(50)63(52)54-30-26-45(46-23-27-48-47-21-9-10-22-55(47)64-56(48)36-46)35-51(54)59-61-57(39-15-5-3-6-16-39)60-58(62-59)40-17-7-4-8-18-40/h3-36H,1-2H3. The molecule has 0 aliphatic heterocycles. The molecule has 0 spiro atoms. The second-order valence-electron chi connectivity index (χ2n) is 16.6. The van der Waals surface area contributed by atoms with Crippen molar-refractivity contribution in [2.24, 2.45) is 0 Å². The van der Waals surface area contributed by atoms with Crippen molar-refractivity contribution in [1.29, 1.82) is 0 Å². The lowest BCUT2D eigenvalue weighted by Gasteiger charge is -2.16. The maximum Gasteiger partial charge on any atom is 0.166 e. The van der Waals surface area contributed by atoms with Crippen LogP contribution < -0.4 is 0 Å². The molecule has 0 saturated heterocycles. The van der Waals surface area contributed by atoms with Gasteiger partial charge in [0.05, 0.1) is 16.7 Å². The molecule has 9 aromatic carbocycles. The minimum absolute atomic E-state index is 0.607. The molecule has 64 heavy (non-hydrogen) atoms. The molecule has 12 rings (SSSR count). The lowest BCUT2D eigenvalue weighted by Crippen LogP contribution is -2.04. The molecule has 4 nitrogen and oxygen atoms in total. The first-order chi connectivity index (χ1) is 31.5. The molecule has 0 N–H and O–H groups in total. The van der Waals surface area contributed by atoms with E-state index in [0.29, 0.717) is 17.5 Å². The van der Waals surface area contributed by atoms with Gasteiger partial charge < -0.3 is 4.57 Å². The summed E-state index contributed by atoms with van der Waals surface area (Å²) in [4.78, 5) is 15.8. The predicted octanol–water partition coefficient (Wildman–Crippen LogP) is 16.0. The summed E-state index contributed by atoms with van der Waals surface area (Å²) in [5.74, 6) is 1.86. The number of rotatable bonds is 7. The molecule has 0 fully saturated rings. The summed E-state index contributed by atoms with van der Waals surface area (Å²) in [5, 5.41) is 4.93. The molecule has 0 amide bonds. The first-order valence-corrected chi connectivity index (χ1v) is 22.5. The van der Waals surface area contributed by atoms with Crippen LogP contribution in [0.3, 0.4) is 0 Å². The third-order valence-electron chi connectivity index (χ3n) is 12.4.